The molecule has 0 fully saturated rings. The molecule has 2 aromatic carbocycles. The average Bonchev–Trinajstić information content (AvgIpc) is 2.60. The zero-order chi connectivity index (χ0) is 19.1. The summed E-state index contributed by atoms with van der Waals surface area (Å²) in [5.74, 6) is -0.328. The van der Waals surface area contributed by atoms with Gasteiger partial charge in [0.2, 0.25) is 0 Å². The molecule has 0 atom stereocenters. The van der Waals surface area contributed by atoms with Gasteiger partial charge in [0.15, 0.2) is 23.9 Å². The minimum atomic E-state index is -0.589. The van der Waals surface area contributed by atoms with E-state index in [4.69, 9.17) is 9.47 Å². The van der Waals surface area contributed by atoms with E-state index in [0.29, 0.717) is 16.9 Å². The molecular weight excluding hydrogens is 342 g/mol. The molecule has 0 radical (unpaired) electrons. The minimum absolute atomic E-state index is 0.000179. The number of nitrogens with one attached hydrogen (secondary N) is 1. The van der Waals surface area contributed by atoms with Crippen LogP contribution in [0, 0.1) is 17.0 Å². The van der Waals surface area contributed by atoms with Crippen LogP contribution in [0.1, 0.15) is 11.1 Å². The third-order valence-electron chi connectivity index (χ3n) is 3.28. The highest BCUT2D eigenvalue weighted by Gasteiger charge is 2.16. The molecule has 0 unspecified atom stereocenters. The summed E-state index contributed by atoms with van der Waals surface area (Å²) in [5, 5.41) is 24.4. The summed E-state index contributed by atoms with van der Waals surface area (Å²) in [6.07, 6.45) is 1.32. The van der Waals surface area contributed by atoms with Crippen molar-refractivity contribution in [1.29, 1.82) is 0 Å². The number of carbonyl (C=O) groups is 1. The van der Waals surface area contributed by atoms with E-state index in [2.05, 4.69) is 10.5 Å². The van der Waals surface area contributed by atoms with E-state index in [1.165, 1.54) is 31.5 Å². The molecule has 2 rings (SSSR count). The van der Waals surface area contributed by atoms with E-state index in [1.807, 2.05) is 0 Å². The number of phenols is 1. The molecule has 0 saturated heterocycles. The van der Waals surface area contributed by atoms with Gasteiger partial charge < -0.3 is 14.6 Å². The van der Waals surface area contributed by atoms with Crippen molar-refractivity contribution >= 4 is 17.8 Å². The maximum atomic E-state index is 11.7. The number of nitrogens with zero attached hydrogens (tertiary/aromatic N) is 2. The summed E-state index contributed by atoms with van der Waals surface area (Å²) in [4.78, 5) is 22.2. The highest BCUT2D eigenvalue weighted by molar-refractivity contribution is 5.83. The van der Waals surface area contributed by atoms with Gasteiger partial charge in [-0.1, -0.05) is 6.07 Å². The van der Waals surface area contributed by atoms with Crippen molar-refractivity contribution in [2.45, 2.75) is 6.92 Å². The van der Waals surface area contributed by atoms with Crippen LogP contribution in [0.5, 0.6) is 17.2 Å². The van der Waals surface area contributed by atoms with Crippen molar-refractivity contribution in [3.05, 3.63) is 57.6 Å². The van der Waals surface area contributed by atoms with Gasteiger partial charge in [0.25, 0.3) is 5.91 Å². The first-order chi connectivity index (χ1) is 12.4. The Labute approximate surface area is 149 Å². The van der Waals surface area contributed by atoms with Crippen molar-refractivity contribution in [3.8, 4) is 17.2 Å². The third kappa shape index (κ3) is 4.94. The Balaban J connectivity index is 1.91. The van der Waals surface area contributed by atoms with Gasteiger partial charge >= 0.3 is 5.69 Å². The second kappa shape index (κ2) is 8.47. The monoisotopic (exact) mass is 359 g/mol. The van der Waals surface area contributed by atoms with Gasteiger partial charge in [0.1, 0.15) is 0 Å². The molecule has 0 aliphatic carbocycles. The van der Waals surface area contributed by atoms with E-state index in [9.17, 15) is 20.0 Å². The maximum absolute atomic E-state index is 11.7. The topological polar surface area (TPSA) is 123 Å². The lowest BCUT2D eigenvalue weighted by Gasteiger charge is -2.06. The summed E-state index contributed by atoms with van der Waals surface area (Å²) in [6.45, 7) is 1.28. The molecule has 0 heterocycles. The van der Waals surface area contributed by atoms with Crippen molar-refractivity contribution in [3.63, 3.8) is 0 Å². The van der Waals surface area contributed by atoms with E-state index in [-0.39, 0.29) is 17.2 Å². The molecule has 136 valence electrons. The van der Waals surface area contributed by atoms with Crippen LogP contribution in [-0.2, 0) is 4.79 Å². The van der Waals surface area contributed by atoms with E-state index >= 15 is 0 Å². The maximum Gasteiger partial charge on any atom is 0.311 e. The SMILES string of the molecule is COc1ccc(/C=N/NC(=O)COc2ccc(C)cc2[N+](=O)[O-])cc1O. The highest BCUT2D eigenvalue weighted by atomic mass is 16.6. The number of carbonyl (C=O) groups excluding carboxylic acids is 1. The second-order valence-corrected chi connectivity index (χ2v) is 5.24. The fourth-order valence-electron chi connectivity index (χ4n) is 2.03. The molecule has 0 aliphatic heterocycles. The molecule has 9 nitrogen and oxygen atoms in total. The summed E-state index contributed by atoms with van der Waals surface area (Å²) >= 11 is 0. The summed E-state index contributed by atoms with van der Waals surface area (Å²) in [6, 6.07) is 9.05. The second-order valence-electron chi connectivity index (χ2n) is 5.24. The van der Waals surface area contributed by atoms with Gasteiger partial charge in [-0.05, 0) is 42.3 Å². The number of aryl methyl sites for hydroxylation is 1. The Morgan fingerprint density at radius 3 is 2.69 bits per heavy atom. The van der Waals surface area contributed by atoms with Crippen molar-refractivity contribution in [2.75, 3.05) is 13.7 Å². The van der Waals surface area contributed by atoms with Gasteiger partial charge in [0.05, 0.1) is 18.2 Å². The van der Waals surface area contributed by atoms with Crippen LogP contribution < -0.4 is 14.9 Å². The number of aromatic hydroxyl groups is 1. The lowest BCUT2D eigenvalue weighted by molar-refractivity contribution is -0.385. The number of hydrogen-bond donors (Lipinski definition) is 2. The van der Waals surface area contributed by atoms with E-state index < -0.39 is 17.4 Å². The molecule has 0 aliphatic rings. The number of benzene rings is 2. The van der Waals surface area contributed by atoms with Crippen LogP contribution in [-0.4, -0.2) is 35.9 Å². The first-order valence-corrected chi connectivity index (χ1v) is 7.47. The van der Waals surface area contributed by atoms with Gasteiger partial charge in [-0.15, -0.1) is 0 Å². The van der Waals surface area contributed by atoms with Crippen LogP contribution in [0.3, 0.4) is 0 Å². The fraction of sp³-hybridized carbons (Fsp3) is 0.176. The number of hydrogen-bond acceptors (Lipinski definition) is 7. The van der Waals surface area contributed by atoms with Crippen LogP contribution in [0.4, 0.5) is 5.69 Å². The van der Waals surface area contributed by atoms with Crippen LogP contribution in [0.25, 0.3) is 0 Å². The van der Waals surface area contributed by atoms with Gasteiger partial charge in [0, 0.05) is 6.07 Å². The standard InChI is InChI=1S/C17H17N3O6/c1-11-3-5-15(13(7-11)20(23)24)26-10-17(22)19-18-9-12-4-6-16(25-2)14(21)8-12/h3-9,21H,10H2,1-2H3,(H,19,22)/b18-9+. The lowest BCUT2D eigenvalue weighted by Crippen LogP contribution is -2.24. The largest absolute Gasteiger partial charge is 0.504 e. The average molecular weight is 359 g/mol. The Morgan fingerprint density at radius 1 is 1.31 bits per heavy atom. The molecule has 9 heteroatoms. The minimum Gasteiger partial charge on any atom is -0.504 e. The lowest BCUT2D eigenvalue weighted by atomic mass is 10.2. The summed E-state index contributed by atoms with van der Waals surface area (Å²) < 4.78 is 10.1. The first-order valence-electron chi connectivity index (χ1n) is 7.47. The number of amides is 1. The molecule has 2 aromatic rings. The van der Waals surface area contributed by atoms with Gasteiger partial charge in [-0.25, -0.2) is 5.43 Å². The first kappa shape index (κ1) is 18.7. The fourth-order valence-corrected chi connectivity index (χ4v) is 2.03. The predicted molar refractivity (Wildman–Crippen MR) is 93.7 cm³/mol. The molecular formula is C17H17N3O6. The Kier molecular flexibility index (Phi) is 6.10. The Hall–Kier alpha value is -3.62. The van der Waals surface area contributed by atoms with Crippen molar-refractivity contribution in [1.82, 2.24) is 5.43 Å². The van der Waals surface area contributed by atoms with Crippen LogP contribution in [0.2, 0.25) is 0 Å². The summed E-state index contributed by atoms with van der Waals surface area (Å²) in [5.41, 5.74) is 3.27. The van der Waals surface area contributed by atoms with E-state index in [1.54, 1.807) is 25.1 Å². The smallest absolute Gasteiger partial charge is 0.311 e. The van der Waals surface area contributed by atoms with Gasteiger partial charge in [-0.3, -0.25) is 14.9 Å². The summed E-state index contributed by atoms with van der Waals surface area (Å²) in [7, 11) is 1.43. The van der Waals surface area contributed by atoms with Crippen molar-refractivity contribution < 1.29 is 24.3 Å². The van der Waals surface area contributed by atoms with Crippen LogP contribution >= 0.6 is 0 Å². The number of phenolic OH excluding ortho intramolecular Hbond substituents is 1. The number of methoxy groups -OCH3 is 1. The zero-order valence-electron chi connectivity index (χ0n) is 14.1. The molecule has 0 spiro atoms. The molecule has 0 bridgehead atoms. The molecule has 1 amide bonds. The highest BCUT2D eigenvalue weighted by Crippen LogP contribution is 2.27. The molecule has 2 N–H and O–H groups in total. The molecule has 0 aromatic heterocycles. The molecule has 0 saturated carbocycles. The number of rotatable bonds is 7. The number of nitro benzene ring substituents is 1. The van der Waals surface area contributed by atoms with Crippen LogP contribution in [0.15, 0.2) is 41.5 Å². The number of hydrazone groups is 1. The third-order valence-corrected chi connectivity index (χ3v) is 3.28. The number of ether oxygens (including phenoxy) is 2. The number of nitro groups is 1. The predicted octanol–water partition coefficient (Wildman–Crippen LogP) is 2.15. The van der Waals surface area contributed by atoms with E-state index in [0.717, 1.165) is 0 Å². The quantitative estimate of drug-likeness (QED) is 0.443. The molecule has 26 heavy (non-hydrogen) atoms. The Bertz CT molecular complexity index is 850. The van der Waals surface area contributed by atoms with Crippen molar-refractivity contribution in [2.24, 2.45) is 5.10 Å². The zero-order valence-corrected chi connectivity index (χ0v) is 14.1. The Morgan fingerprint density at radius 2 is 2.04 bits per heavy atom. The normalized spacial score (nSPS) is 10.5. The van der Waals surface area contributed by atoms with Gasteiger partial charge in [-0.2, -0.15) is 5.10 Å².